The fourth-order valence-corrected chi connectivity index (χ4v) is 2.95. The highest BCUT2D eigenvalue weighted by molar-refractivity contribution is 5.84. The second-order valence-electron chi connectivity index (χ2n) is 7.89. The minimum Gasteiger partial charge on any atom is -0.350 e. The van der Waals surface area contributed by atoms with Crippen molar-refractivity contribution < 1.29 is 8.78 Å². The van der Waals surface area contributed by atoms with Gasteiger partial charge >= 0.3 is 0 Å². The van der Waals surface area contributed by atoms with E-state index in [9.17, 15) is 8.78 Å². The van der Waals surface area contributed by atoms with Gasteiger partial charge in [0.15, 0.2) is 17.2 Å². The lowest BCUT2D eigenvalue weighted by molar-refractivity contribution is 0.0257. The van der Waals surface area contributed by atoms with Crippen LogP contribution in [0, 0.1) is 0 Å². The van der Waals surface area contributed by atoms with Crippen LogP contribution in [0.2, 0.25) is 0 Å². The molecule has 0 unspecified atom stereocenters. The molecule has 13 heteroatoms. The molecule has 3 aromatic heterocycles. The maximum absolute atomic E-state index is 13.8. The van der Waals surface area contributed by atoms with Gasteiger partial charge in [-0.3, -0.25) is 0 Å². The normalized spacial score (nSPS) is 16.9. The number of halogens is 2. The molecule has 1 N–H and O–H groups in total. The van der Waals surface area contributed by atoms with Crippen LogP contribution in [-0.2, 0) is 13.6 Å². The Bertz CT molecular complexity index is 1000. The summed E-state index contributed by atoms with van der Waals surface area (Å²) in [6.07, 6.45) is -0.223. The lowest BCUT2D eigenvalue weighted by Crippen LogP contribution is -2.29. The molecule has 3 aromatic rings. The largest absolute Gasteiger partial charge is 0.350 e. The summed E-state index contributed by atoms with van der Waals surface area (Å²) in [4.78, 5) is 11.8. The Kier molecular flexibility index (Phi) is 4.12. The average Bonchev–Trinajstić information content (AvgIpc) is 3.24. The van der Waals surface area contributed by atoms with Crippen LogP contribution in [0.15, 0.2) is 0 Å². The minimum atomic E-state index is -2.75. The number of rotatable bonds is 4. The van der Waals surface area contributed by atoms with Gasteiger partial charge in [0.1, 0.15) is 6.54 Å². The zero-order chi connectivity index (χ0) is 20.1. The number of nitrogens with one attached hydrogen (secondary N) is 1. The first-order chi connectivity index (χ1) is 13.1. The van der Waals surface area contributed by atoms with E-state index in [1.807, 2.05) is 20.8 Å². The molecular weight excluding hydrogens is 372 g/mol. The Labute approximate surface area is 159 Å². The molecule has 150 valence electrons. The van der Waals surface area contributed by atoms with Crippen molar-refractivity contribution in [1.82, 2.24) is 45.2 Å². The Morgan fingerprint density at radius 3 is 2.57 bits per heavy atom. The molecule has 1 saturated heterocycles. The third-order valence-electron chi connectivity index (χ3n) is 4.22. The van der Waals surface area contributed by atoms with E-state index < -0.39 is 12.5 Å². The van der Waals surface area contributed by atoms with E-state index >= 15 is 0 Å². The summed E-state index contributed by atoms with van der Waals surface area (Å²) in [5.41, 5.74) is 0.384. The molecule has 4 heterocycles. The molecule has 0 bridgehead atoms. The van der Waals surface area contributed by atoms with Crippen LogP contribution in [0.4, 0.5) is 20.5 Å². The zero-order valence-corrected chi connectivity index (χ0v) is 16.1. The second-order valence-corrected chi connectivity index (χ2v) is 7.89. The molecular formula is C15H21F2N11. The number of hydrogen-bond donors (Lipinski definition) is 1. The third kappa shape index (κ3) is 3.68. The molecule has 0 atom stereocenters. The van der Waals surface area contributed by atoms with Gasteiger partial charge in [0.25, 0.3) is 5.92 Å². The fourth-order valence-electron chi connectivity index (χ4n) is 2.95. The number of fused-ring (bicyclic) bond motifs is 1. The number of aryl methyl sites for hydroxylation is 1. The van der Waals surface area contributed by atoms with Crippen molar-refractivity contribution in [3.63, 3.8) is 0 Å². The molecule has 0 saturated carbocycles. The summed E-state index contributed by atoms with van der Waals surface area (Å²) < 4.78 is 29.1. The number of hydrogen-bond acceptors (Lipinski definition) is 9. The van der Waals surface area contributed by atoms with Crippen LogP contribution in [0.3, 0.4) is 0 Å². The van der Waals surface area contributed by atoms with Crippen LogP contribution in [0.5, 0.6) is 0 Å². The Balaban J connectivity index is 1.76. The predicted molar refractivity (Wildman–Crippen MR) is 96.2 cm³/mol. The fraction of sp³-hybridized carbons (Fsp3) is 0.667. The molecule has 1 aliphatic rings. The molecule has 11 nitrogen and oxygen atoms in total. The Morgan fingerprint density at radius 1 is 1.18 bits per heavy atom. The van der Waals surface area contributed by atoms with Gasteiger partial charge in [-0.25, -0.2) is 13.5 Å². The van der Waals surface area contributed by atoms with Crippen LogP contribution in [0.25, 0.3) is 11.2 Å². The zero-order valence-electron chi connectivity index (χ0n) is 16.1. The van der Waals surface area contributed by atoms with Crippen molar-refractivity contribution in [3.05, 3.63) is 5.82 Å². The van der Waals surface area contributed by atoms with Gasteiger partial charge in [-0.1, -0.05) is 0 Å². The smallest absolute Gasteiger partial charge is 0.266 e. The summed E-state index contributed by atoms with van der Waals surface area (Å²) in [7, 11) is 1.71. The SMILES string of the molecule is Cn1nnnc1Cn1nc2nc(NC(C)(C)C)nc(N3CCC(F)(F)C3)c2n1. The maximum Gasteiger partial charge on any atom is 0.266 e. The van der Waals surface area contributed by atoms with Crippen LogP contribution < -0.4 is 10.2 Å². The van der Waals surface area contributed by atoms with E-state index in [4.69, 9.17) is 0 Å². The van der Waals surface area contributed by atoms with E-state index in [0.29, 0.717) is 28.8 Å². The van der Waals surface area contributed by atoms with Gasteiger partial charge < -0.3 is 10.2 Å². The van der Waals surface area contributed by atoms with E-state index in [0.717, 1.165) is 0 Å². The van der Waals surface area contributed by atoms with Crippen LogP contribution in [-0.4, -0.2) is 69.7 Å². The first-order valence-corrected chi connectivity index (χ1v) is 8.85. The molecule has 0 amide bonds. The molecule has 0 aromatic carbocycles. The summed E-state index contributed by atoms with van der Waals surface area (Å²) in [5, 5.41) is 23.2. The lowest BCUT2D eigenvalue weighted by atomic mass is 10.1. The molecule has 0 spiro atoms. The van der Waals surface area contributed by atoms with Gasteiger partial charge in [0, 0.05) is 25.6 Å². The van der Waals surface area contributed by atoms with Crippen molar-refractivity contribution in [2.75, 3.05) is 23.3 Å². The van der Waals surface area contributed by atoms with Crippen molar-refractivity contribution in [2.45, 2.75) is 45.2 Å². The Morgan fingerprint density at radius 2 is 1.96 bits per heavy atom. The molecule has 1 fully saturated rings. The molecule has 28 heavy (non-hydrogen) atoms. The van der Waals surface area contributed by atoms with Crippen molar-refractivity contribution >= 4 is 22.9 Å². The van der Waals surface area contributed by atoms with Gasteiger partial charge in [0.2, 0.25) is 11.6 Å². The van der Waals surface area contributed by atoms with Crippen molar-refractivity contribution in [2.24, 2.45) is 7.05 Å². The highest BCUT2D eigenvalue weighted by Crippen LogP contribution is 2.33. The van der Waals surface area contributed by atoms with E-state index in [1.165, 1.54) is 14.4 Å². The van der Waals surface area contributed by atoms with Crippen molar-refractivity contribution in [3.8, 4) is 0 Å². The monoisotopic (exact) mass is 393 g/mol. The van der Waals surface area contributed by atoms with Crippen LogP contribution >= 0.6 is 0 Å². The lowest BCUT2D eigenvalue weighted by Gasteiger charge is -2.22. The van der Waals surface area contributed by atoms with E-state index in [-0.39, 0.29) is 25.0 Å². The molecule has 4 rings (SSSR count). The summed E-state index contributed by atoms with van der Waals surface area (Å²) in [6, 6.07) is 0. The van der Waals surface area contributed by atoms with Gasteiger partial charge in [0.05, 0.1) is 6.54 Å². The first-order valence-electron chi connectivity index (χ1n) is 8.85. The average molecular weight is 393 g/mol. The quantitative estimate of drug-likeness (QED) is 0.688. The van der Waals surface area contributed by atoms with Crippen LogP contribution in [0.1, 0.15) is 33.0 Å². The molecule has 0 radical (unpaired) electrons. The Hall–Kier alpha value is -2.99. The number of anilines is 2. The highest BCUT2D eigenvalue weighted by atomic mass is 19.3. The minimum absolute atomic E-state index is 0.189. The summed E-state index contributed by atoms with van der Waals surface area (Å²) in [6.45, 7) is 5.88. The molecule has 0 aliphatic carbocycles. The van der Waals surface area contributed by atoms with E-state index in [1.54, 1.807) is 7.05 Å². The first kappa shape index (κ1) is 18.4. The van der Waals surface area contributed by atoms with Gasteiger partial charge in [-0.15, -0.1) is 15.3 Å². The summed E-state index contributed by atoms with van der Waals surface area (Å²) >= 11 is 0. The number of alkyl halides is 2. The highest BCUT2D eigenvalue weighted by Gasteiger charge is 2.40. The summed E-state index contributed by atoms with van der Waals surface area (Å²) in [5.74, 6) is -1.54. The topological polar surface area (TPSA) is 115 Å². The molecule has 1 aliphatic heterocycles. The maximum atomic E-state index is 13.8. The van der Waals surface area contributed by atoms with Crippen molar-refractivity contribution in [1.29, 1.82) is 0 Å². The van der Waals surface area contributed by atoms with E-state index in [2.05, 4.69) is 41.0 Å². The second kappa shape index (κ2) is 6.27. The predicted octanol–water partition coefficient (Wildman–Crippen LogP) is 0.849. The third-order valence-corrected chi connectivity index (χ3v) is 4.22. The van der Waals surface area contributed by atoms with Gasteiger partial charge in [-0.2, -0.15) is 14.8 Å². The standard InChI is InChI=1S/C15H21F2N11/c1-14(2,3)20-13-18-11-10(12(19-13)27-6-5-15(16,17)8-27)22-28(23-11)7-9-21-24-25-26(9)4/h5-8H2,1-4H3,(H,18,20,23). The number of nitrogens with zero attached hydrogens (tertiary/aromatic N) is 10. The number of tetrazole rings is 1. The van der Waals surface area contributed by atoms with Gasteiger partial charge in [-0.05, 0) is 31.2 Å². The number of aromatic nitrogens is 9.